The van der Waals surface area contributed by atoms with Gasteiger partial charge in [-0.05, 0) is 43.9 Å². The summed E-state index contributed by atoms with van der Waals surface area (Å²) >= 11 is 0. The van der Waals surface area contributed by atoms with Crippen molar-refractivity contribution < 1.29 is 23.5 Å². The Balaban J connectivity index is 1.45. The predicted octanol–water partition coefficient (Wildman–Crippen LogP) is 4.16. The second-order valence-electron chi connectivity index (χ2n) is 9.76. The molecule has 186 valence electrons. The van der Waals surface area contributed by atoms with Gasteiger partial charge in [-0.25, -0.2) is 0 Å². The van der Waals surface area contributed by atoms with Gasteiger partial charge in [-0.2, -0.15) is 0 Å². The Morgan fingerprint density at radius 2 is 1.89 bits per heavy atom. The summed E-state index contributed by atoms with van der Waals surface area (Å²) in [4.78, 5) is 29.3. The molecule has 2 aliphatic rings. The Bertz CT molecular complexity index is 1240. The van der Waals surface area contributed by atoms with Gasteiger partial charge in [0.15, 0.2) is 17.1 Å². The van der Waals surface area contributed by atoms with E-state index in [1.807, 2.05) is 35.8 Å². The molecule has 0 unspecified atom stereocenters. The normalized spacial score (nSPS) is 20.7. The Morgan fingerprint density at radius 1 is 1.11 bits per heavy atom. The van der Waals surface area contributed by atoms with Crippen molar-refractivity contribution in [1.82, 2.24) is 14.8 Å². The summed E-state index contributed by atoms with van der Waals surface area (Å²) in [6, 6.07) is 9.54. The third kappa shape index (κ3) is 4.15. The minimum Gasteiger partial charge on any atom is -0.493 e. The molecule has 1 aliphatic carbocycles. The molecule has 1 atom stereocenters. The van der Waals surface area contributed by atoms with E-state index in [-0.39, 0.29) is 17.9 Å². The number of rotatable bonds is 7. The number of methoxy groups -OCH3 is 2. The summed E-state index contributed by atoms with van der Waals surface area (Å²) in [6.45, 7) is 2.66. The standard InChI is InChI=1S/C27H33N3O5/c1-27(26(32)28-19-7-5-4-6-8-19)17-29-20-12-14-35-23(20)16-21(29)25(31)30(27)13-11-18-9-10-22(33-2)24(15-18)34-3/h9-10,12,14-16,19H,4-8,11,13,17H2,1-3H3,(H,28,32)/t27-/m0/s1. The molecule has 1 aliphatic heterocycles. The third-order valence-corrected chi connectivity index (χ3v) is 7.55. The van der Waals surface area contributed by atoms with Gasteiger partial charge in [0.25, 0.3) is 5.91 Å². The summed E-state index contributed by atoms with van der Waals surface area (Å²) in [6.07, 6.45) is 7.64. The smallest absolute Gasteiger partial charge is 0.271 e. The number of hydrogen-bond acceptors (Lipinski definition) is 5. The Hall–Kier alpha value is -3.42. The number of aromatic nitrogens is 1. The van der Waals surface area contributed by atoms with Crippen LogP contribution in [0.25, 0.3) is 11.1 Å². The minimum absolute atomic E-state index is 0.0962. The van der Waals surface area contributed by atoms with Crippen LogP contribution >= 0.6 is 0 Å². The van der Waals surface area contributed by atoms with Gasteiger partial charge >= 0.3 is 0 Å². The van der Waals surface area contributed by atoms with E-state index < -0.39 is 5.54 Å². The first-order valence-electron chi connectivity index (χ1n) is 12.3. The monoisotopic (exact) mass is 479 g/mol. The highest BCUT2D eigenvalue weighted by Gasteiger charge is 2.48. The van der Waals surface area contributed by atoms with Crippen LogP contribution in [0.3, 0.4) is 0 Å². The van der Waals surface area contributed by atoms with Crippen LogP contribution < -0.4 is 14.8 Å². The molecule has 8 heteroatoms. The van der Waals surface area contributed by atoms with Crippen molar-refractivity contribution in [2.75, 3.05) is 20.8 Å². The van der Waals surface area contributed by atoms with Crippen LogP contribution in [0.5, 0.6) is 11.5 Å². The summed E-state index contributed by atoms with van der Waals surface area (Å²) in [7, 11) is 3.21. The molecule has 0 radical (unpaired) electrons. The fourth-order valence-electron chi connectivity index (χ4n) is 5.49. The van der Waals surface area contributed by atoms with Crippen molar-refractivity contribution in [2.24, 2.45) is 0 Å². The first-order valence-corrected chi connectivity index (χ1v) is 12.3. The van der Waals surface area contributed by atoms with E-state index in [1.54, 1.807) is 31.4 Å². The number of nitrogens with one attached hydrogen (secondary N) is 1. The van der Waals surface area contributed by atoms with E-state index in [0.29, 0.717) is 42.3 Å². The molecule has 0 spiro atoms. The van der Waals surface area contributed by atoms with Gasteiger partial charge in [-0.15, -0.1) is 0 Å². The largest absolute Gasteiger partial charge is 0.493 e. The van der Waals surface area contributed by atoms with Crippen LogP contribution in [-0.2, 0) is 17.8 Å². The number of furan rings is 1. The first-order chi connectivity index (χ1) is 16.9. The molecule has 2 amide bonds. The maximum absolute atomic E-state index is 13.8. The highest BCUT2D eigenvalue weighted by atomic mass is 16.5. The zero-order valence-electron chi connectivity index (χ0n) is 20.6. The van der Waals surface area contributed by atoms with Crippen LogP contribution in [0.1, 0.15) is 55.1 Å². The molecule has 1 aromatic carbocycles. The van der Waals surface area contributed by atoms with Crippen LogP contribution in [0.2, 0.25) is 0 Å². The second-order valence-corrected chi connectivity index (χ2v) is 9.76. The van der Waals surface area contributed by atoms with Crippen molar-refractivity contribution in [1.29, 1.82) is 0 Å². The van der Waals surface area contributed by atoms with Gasteiger partial charge in [-0.1, -0.05) is 25.3 Å². The maximum atomic E-state index is 13.8. The lowest BCUT2D eigenvalue weighted by atomic mass is 9.91. The number of ether oxygens (including phenoxy) is 2. The molecule has 1 fully saturated rings. The molecule has 0 bridgehead atoms. The van der Waals surface area contributed by atoms with Crippen molar-refractivity contribution in [3.8, 4) is 11.5 Å². The predicted molar refractivity (Wildman–Crippen MR) is 132 cm³/mol. The lowest BCUT2D eigenvalue weighted by Crippen LogP contribution is -2.65. The first kappa shape index (κ1) is 23.3. The lowest BCUT2D eigenvalue weighted by molar-refractivity contribution is -0.133. The minimum atomic E-state index is -1.03. The summed E-state index contributed by atoms with van der Waals surface area (Å²) in [5, 5.41) is 3.27. The van der Waals surface area contributed by atoms with E-state index in [9.17, 15) is 9.59 Å². The summed E-state index contributed by atoms with van der Waals surface area (Å²) in [5.41, 5.74) is 2.02. The molecular weight excluding hydrogens is 446 g/mol. The molecule has 3 heterocycles. The molecule has 1 saturated carbocycles. The number of benzene rings is 1. The molecule has 1 N–H and O–H groups in total. The Kier molecular flexibility index (Phi) is 6.21. The van der Waals surface area contributed by atoms with Gasteiger partial charge in [0.1, 0.15) is 11.2 Å². The lowest BCUT2D eigenvalue weighted by Gasteiger charge is -2.45. The topological polar surface area (TPSA) is 85.9 Å². The zero-order valence-corrected chi connectivity index (χ0v) is 20.6. The third-order valence-electron chi connectivity index (χ3n) is 7.55. The van der Waals surface area contributed by atoms with Crippen LogP contribution in [0.15, 0.2) is 41.0 Å². The number of carbonyl (C=O) groups excluding carboxylic acids is 2. The molecular formula is C27H33N3O5. The summed E-state index contributed by atoms with van der Waals surface area (Å²) < 4.78 is 18.3. The van der Waals surface area contributed by atoms with Crippen LogP contribution in [-0.4, -0.2) is 53.6 Å². The van der Waals surface area contributed by atoms with Gasteiger partial charge < -0.3 is 28.7 Å². The zero-order chi connectivity index (χ0) is 24.6. The molecule has 35 heavy (non-hydrogen) atoms. The molecule has 8 nitrogen and oxygen atoms in total. The average molecular weight is 480 g/mol. The van der Waals surface area contributed by atoms with Crippen molar-refractivity contribution >= 4 is 22.9 Å². The van der Waals surface area contributed by atoms with Crippen molar-refractivity contribution in [3.63, 3.8) is 0 Å². The van der Waals surface area contributed by atoms with Crippen molar-refractivity contribution in [2.45, 2.75) is 63.6 Å². The highest BCUT2D eigenvalue weighted by Crippen LogP contribution is 2.34. The fourth-order valence-corrected chi connectivity index (χ4v) is 5.49. The Morgan fingerprint density at radius 3 is 2.63 bits per heavy atom. The average Bonchev–Trinajstić information content (AvgIpc) is 3.47. The van der Waals surface area contributed by atoms with E-state index >= 15 is 0 Å². The fraction of sp³-hybridized carbons (Fsp3) is 0.481. The number of nitrogens with zero attached hydrogens (tertiary/aromatic N) is 2. The van der Waals surface area contributed by atoms with E-state index in [0.717, 1.165) is 36.8 Å². The number of hydrogen-bond donors (Lipinski definition) is 1. The molecule has 0 saturated heterocycles. The number of amides is 2. The van der Waals surface area contributed by atoms with Gasteiger partial charge in [0, 0.05) is 24.7 Å². The van der Waals surface area contributed by atoms with E-state index in [2.05, 4.69) is 5.32 Å². The van der Waals surface area contributed by atoms with Gasteiger partial charge in [0.2, 0.25) is 5.91 Å². The number of carbonyl (C=O) groups is 2. The van der Waals surface area contributed by atoms with Gasteiger partial charge in [0.05, 0.1) is 32.5 Å². The summed E-state index contributed by atoms with van der Waals surface area (Å²) in [5.74, 6) is 1.04. The van der Waals surface area contributed by atoms with Gasteiger partial charge in [-0.3, -0.25) is 9.59 Å². The molecule has 2 aromatic heterocycles. The quantitative estimate of drug-likeness (QED) is 0.550. The van der Waals surface area contributed by atoms with Crippen LogP contribution in [0.4, 0.5) is 0 Å². The highest BCUT2D eigenvalue weighted by molar-refractivity contribution is 6.02. The SMILES string of the molecule is COc1ccc(CCN2C(=O)c3cc4occc4n3C[C@@]2(C)C(=O)NC2CCCCC2)cc1OC. The maximum Gasteiger partial charge on any atom is 0.271 e. The van der Waals surface area contributed by atoms with Crippen molar-refractivity contribution in [3.05, 3.63) is 47.9 Å². The molecule has 3 aromatic rings. The Labute approximate surface area is 205 Å². The second kappa shape index (κ2) is 9.32. The number of fused-ring (bicyclic) bond motifs is 3. The van der Waals surface area contributed by atoms with E-state index in [4.69, 9.17) is 13.9 Å². The van der Waals surface area contributed by atoms with Crippen LogP contribution in [0, 0.1) is 0 Å². The molecule has 5 rings (SSSR count). The van der Waals surface area contributed by atoms with E-state index in [1.165, 1.54) is 6.42 Å².